The Kier molecular flexibility index (Phi) is 6.42. The molecule has 0 aliphatic carbocycles. The number of para-hydroxylation sites is 1. The third-order valence-corrected chi connectivity index (χ3v) is 5.01. The Balaban J connectivity index is 1.81. The van der Waals surface area contributed by atoms with Crippen LogP contribution in [0.3, 0.4) is 0 Å². The first-order valence-electron chi connectivity index (χ1n) is 9.44. The fourth-order valence-electron chi connectivity index (χ4n) is 3.37. The molecule has 0 bridgehead atoms. The lowest BCUT2D eigenvalue weighted by atomic mass is 9.89. The molecule has 3 N–H and O–H groups in total. The van der Waals surface area contributed by atoms with E-state index < -0.39 is 12.0 Å². The first kappa shape index (κ1) is 20.7. The molecule has 0 spiro atoms. The van der Waals surface area contributed by atoms with Crippen LogP contribution in [0.5, 0.6) is 23.0 Å². The van der Waals surface area contributed by atoms with Gasteiger partial charge in [0, 0.05) is 11.5 Å². The van der Waals surface area contributed by atoms with Crippen molar-refractivity contribution in [3.8, 4) is 23.0 Å². The van der Waals surface area contributed by atoms with Crippen LogP contribution in [-0.4, -0.2) is 29.0 Å². The molecule has 5 nitrogen and oxygen atoms in total. The molecule has 0 saturated heterocycles. The van der Waals surface area contributed by atoms with E-state index in [1.807, 2.05) is 26.0 Å². The van der Waals surface area contributed by atoms with Gasteiger partial charge >= 0.3 is 0 Å². The van der Waals surface area contributed by atoms with E-state index in [4.69, 9.17) is 9.47 Å². The van der Waals surface area contributed by atoms with E-state index in [9.17, 15) is 15.3 Å². The van der Waals surface area contributed by atoms with Gasteiger partial charge in [-0.3, -0.25) is 0 Å². The zero-order valence-corrected chi connectivity index (χ0v) is 16.8. The maximum Gasteiger partial charge on any atom is 0.163 e. The Morgan fingerprint density at radius 1 is 0.931 bits per heavy atom. The first-order valence-corrected chi connectivity index (χ1v) is 9.44. The number of phenols is 1. The largest absolute Gasteiger partial charge is 0.504 e. The van der Waals surface area contributed by atoms with Crippen molar-refractivity contribution >= 4 is 0 Å². The van der Waals surface area contributed by atoms with Crippen molar-refractivity contribution in [3.63, 3.8) is 0 Å². The van der Waals surface area contributed by atoms with Gasteiger partial charge in [0.1, 0.15) is 11.5 Å². The van der Waals surface area contributed by atoms with E-state index in [0.717, 1.165) is 16.9 Å². The van der Waals surface area contributed by atoms with Crippen molar-refractivity contribution in [2.75, 3.05) is 13.7 Å². The number of ether oxygens (including phenoxy) is 2. The fraction of sp³-hybridized carbons (Fsp3) is 0.250. The maximum absolute atomic E-state index is 10.8. The third-order valence-electron chi connectivity index (χ3n) is 5.01. The van der Waals surface area contributed by atoms with Crippen LogP contribution in [0.2, 0.25) is 0 Å². The van der Waals surface area contributed by atoms with Crippen LogP contribution < -0.4 is 9.47 Å². The summed E-state index contributed by atoms with van der Waals surface area (Å²) in [5.41, 5.74) is 3.26. The van der Waals surface area contributed by atoms with Crippen molar-refractivity contribution in [1.82, 2.24) is 0 Å². The number of aromatic hydroxyl groups is 1. The minimum absolute atomic E-state index is 0.129. The summed E-state index contributed by atoms with van der Waals surface area (Å²) in [5, 5.41) is 31.0. The highest BCUT2D eigenvalue weighted by molar-refractivity contribution is 5.48. The molecule has 0 heterocycles. The summed E-state index contributed by atoms with van der Waals surface area (Å²) >= 11 is 0. The summed E-state index contributed by atoms with van der Waals surface area (Å²) in [4.78, 5) is 0. The molecule has 0 aromatic heterocycles. The van der Waals surface area contributed by atoms with Gasteiger partial charge in [0.25, 0.3) is 0 Å². The fourth-order valence-corrected chi connectivity index (χ4v) is 3.37. The van der Waals surface area contributed by atoms with Crippen molar-refractivity contribution in [1.29, 1.82) is 0 Å². The molecule has 152 valence electrons. The van der Waals surface area contributed by atoms with Gasteiger partial charge in [-0.2, -0.15) is 0 Å². The van der Waals surface area contributed by atoms with Crippen LogP contribution >= 0.6 is 0 Å². The van der Waals surface area contributed by atoms with Gasteiger partial charge in [0.15, 0.2) is 11.5 Å². The quantitative estimate of drug-likeness (QED) is 0.545. The van der Waals surface area contributed by atoms with E-state index in [-0.39, 0.29) is 18.1 Å². The highest BCUT2D eigenvalue weighted by Crippen LogP contribution is 2.40. The van der Waals surface area contributed by atoms with Crippen LogP contribution in [0.25, 0.3) is 0 Å². The molecule has 0 aliphatic rings. The lowest BCUT2D eigenvalue weighted by molar-refractivity contribution is 0.104. The monoisotopic (exact) mass is 394 g/mol. The van der Waals surface area contributed by atoms with E-state index in [0.29, 0.717) is 11.3 Å². The molecular weight excluding hydrogens is 368 g/mol. The van der Waals surface area contributed by atoms with Gasteiger partial charge in [0.05, 0.1) is 19.8 Å². The van der Waals surface area contributed by atoms with Gasteiger partial charge < -0.3 is 24.8 Å². The summed E-state index contributed by atoms with van der Waals surface area (Å²) in [7, 11) is 1.45. The van der Waals surface area contributed by atoms with Crippen molar-refractivity contribution in [3.05, 3.63) is 82.9 Å². The zero-order valence-electron chi connectivity index (χ0n) is 16.8. The van der Waals surface area contributed by atoms with Gasteiger partial charge in [-0.1, -0.05) is 42.0 Å². The van der Waals surface area contributed by atoms with Crippen molar-refractivity contribution in [2.45, 2.75) is 25.9 Å². The normalized spacial score (nSPS) is 13.0. The molecule has 3 aromatic carbocycles. The number of aryl methyl sites for hydroxylation is 2. The average Bonchev–Trinajstić information content (AvgIpc) is 2.72. The standard InChI is InChI=1S/C24H26O5/c1-15-7-12-21(16(2)13-15)29-18-10-8-17(9-11-18)20(14-25)23(26)19-5-4-6-22(28-3)24(19)27/h4-13,20,23,25-27H,14H2,1-3H3. The maximum atomic E-state index is 10.8. The Morgan fingerprint density at radius 3 is 2.28 bits per heavy atom. The van der Waals surface area contributed by atoms with Gasteiger partial charge in [-0.25, -0.2) is 0 Å². The Bertz CT molecular complexity index is 966. The molecule has 5 heteroatoms. The predicted octanol–water partition coefficient (Wildman–Crippen LogP) is 4.62. The second-order valence-electron chi connectivity index (χ2n) is 7.07. The molecule has 2 unspecified atom stereocenters. The number of phenolic OH excluding ortho intramolecular Hbond substituents is 1. The molecule has 0 fully saturated rings. The Morgan fingerprint density at radius 2 is 1.66 bits per heavy atom. The number of hydrogen-bond donors (Lipinski definition) is 3. The second-order valence-corrected chi connectivity index (χ2v) is 7.07. The summed E-state index contributed by atoms with van der Waals surface area (Å²) < 4.78 is 11.0. The SMILES string of the molecule is COc1cccc(C(O)C(CO)c2ccc(Oc3ccc(C)cc3C)cc2)c1O. The zero-order chi connectivity index (χ0) is 21.0. The Labute approximate surface area is 170 Å². The first-order chi connectivity index (χ1) is 13.9. The summed E-state index contributed by atoms with van der Waals surface area (Å²) in [6.45, 7) is 3.75. The molecule has 3 aromatic rings. The highest BCUT2D eigenvalue weighted by Gasteiger charge is 2.26. The van der Waals surface area contributed by atoms with Crippen molar-refractivity contribution < 1.29 is 24.8 Å². The van der Waals surface area contributed by atoms with Crippen LogP contribution in [0, 0.1) is 13.8 Å². The molecule has 0 saturated carbocycles. The van der Waals surface area contributed by atoms with E-state index in [1.54, 1.807) is 42.5 Å². The smallest absolute Gasteiger partial charge is 0.163 e. The lowest BCUT2D eigenvalue weighted by Gasteiger charge is -2.23. The van der Waals surface area contributed by atoms with Crippen LogP contribution in [-0.2, 0) is 0 Å². The second kappa shape index (κ2) is 8.99. The third kappa shape index (κ3) is 4.53. The summed E-state index contributed by atoms with van der Waals surface area (Å²) in [5.74, 6) is 0.980. The minimum Gasteiger partial charge on any atom is -0.504 e. The van der Waals surface area contributed by atoms with Crippen LogP contribution in [0.4, 0.5) is 0 Å². The topological polar surface area (TPSA) is 79.2 Å². The minimum atomic E-state index is -1.10. The number of rotatable bonds is 7. The lowest BCUT2D eigenvalue weighted by Crippen LogP contribution is -2.15. The predicted molar refractivity (Wildman–Crippen MR) is 112 cm³/mol. The number of aliphatic hydroxyl groups is 2. The number of hydrogen-bond acceptors (Lipinski definition) is 5. The number of benzene rings is 3. The van der Waals surface area contributed by atoms with E-state index >= 15 is 0 Å². The number of aliphatic hydroxyl groups excluding tert-OH is 2. The van der Waals surface area contributed by atoms with Crippen LogP contribution in [0.1, 0.15) is 34.3 Å². The summed E-state index contributed by atoms with van der Waals surface area (Å²) in [6.07, 6.45) is -1.10. The van der Waals surface area contributed by atoms with Gasteiger partial charge in [-0.05, 0) is 49.2 Å². The average molecular weight is 394 g/mol. The van der Waals surface area contributed by atoms with Crippen molar-refractivity contribution in [2.24, 2.45) is 0 Å². The molecule has 29 heavy (non-hydrogen) atoms. The molecule has 2 atom stereocenters. The van der Waals surface area contributed by atoms with E-state index in [1.165, 1.54) is 12.7 Å². The molecular formula is C24H26O5. The van der Waals surface area contributed by atoms with E-state index in [2.05, 4.69) is 6.07 Å². The summed E-state index contributed by atoms with van der Waals surface area (Å²) in [6, 6.07) is 18.1. The number of methoxy groups -OCH3 is 1. The molecule has 3 rings (SSSR count). The highest BCUT2D eigenvalue weighted by atomic mass is 16.5. The molecule has 0 radical (unpaired) electrons. The molecule has 0 amide bonds. The Hall–Kier alpha value is -3.02. The van der Waals surface area contributed by atoms with Gasteiger partial charge in [0.2, 0.25) is 0 Å². The molecule has 0 aliphatic heterocycles. The van der Waals surface area contributed by atoms with Gasteiger partial charge in [-0.15, -0.1) is 0 Å². The van der Waals surface area contributed by atoms with Crippen LogP contribution in [0.15, 0.2) is 60.7 Å².